The van der Waals surface area contributed by atoms with Gasteiger partial charge in [0, 0.05) is 7.05 Å². The highest BCUT2D eigenvalue weighted by atomic mass is 32.1. The molecule has 1 aromatic rings. The molecule has 2 N–H and O–H groups in total. The van der Waals surface area contributed by atoms with Crippen molar-refractivity contribution in [2.24, 2.45) is 0 Å². The summed E-state index contributed by atoms with van der Waals surface area (Å²) in [7, 11) is 1.67. The minimum Gasteiger partial charge on any atom is -0.378 e. The number of H-pyrrole nitrogens is 1. The molecule has 0 amide bonds. The lowest BCUT2D eigenvalue weighted by Crippen LogP contribution is -2.02. The molecule has 0 radical (unpaired) electrons. The summed E-state index contributed by atoms with van der Waals surface area (Å²) < 4.78 is 2.44. The second-order valence-electron chi connectivity index (χ2n) is 1.60. The van der Waals surface area contributed by atoms with E-state index in [0.717, 1.165) is 11.5 Å². The van der Waals surface area contributed by atoms with Crippen LogP contribution in [-0.2, 0) is 0 Å². The van der Waals surface area contributed by atoms with E-state index in [2.05, 4.69) is 9.69 Å². The number of nitriles is 1. The van der Waals surface area contributed by atoms with Gasteiger partial charge in [-0.25, -0.2) is 0 Å². The lowest BCUT2D eigenvalue weighted by atomic mass is 10.4. The number of hydrogen-bond donors (Lipinski definition) is 2. The fraction of sp³-hybridized carbons (Fsp3) is 0.200. The molecule has 5 heteroatoms. The smallest absolute Gasteiger partial charge is 0.278 e. The van der Waals surface area contributed by atoms with E-state index in [1.165, 1.54) is 0 Å². The van der Waals surface area contributed by atoms with Crippen molar-refractivity contribution in [2.75, 3.05) is 12.4 Å². The summed E-state index contributed by atoms with van der Waals surface area (Å²) >= 11 is 1.13. The molecule has 0 fully saturated rings. The van der Waals surface area contributed by atoms with Crippen LogP contribution in [0.5, 0.6) is 0 Å². The Morgan fingerprint density at radius 1 is 1.80 bits per heavy atom. The number of rotatable bonds is 1. The minimum atomic E-state index is -0.322. The van der Waals surface area contributed by atoms with E-state index < -0.39 is 0 Å². The molecule has 0 aliphatic rings. The molecule has 0 saturated heterocycles. The summed E-state index contributed by atoms with van der Waals surface area (Å²) in [5, 5.41) is 11.7. The fourth-order valence-electron chi connectivity index (χ4n) is 0.580. The third kappa shape index (κ3) is 0.890. The molecule has 0 bridgehead atoms. The zero-order valence-corrected chi connectivity index (χ0v) is 6.08. The molecular formula is C5H5N3OS. The van der Waals surface area contributed by atoms with Gasteiger partial charge in [0.15, 0.2) is 5.56 Å². The maximum absolute atomic E-state index is 10.7. The predicted molar refractivity (Wildman–Crippen MR) is 39.2 cm³/mol. The lowest BCUT2D eigenvalue weighted by Gasteiger charge is -1.88. The van der Waals surface area contributed by atoms with Crippen LogP contribution in [0.1, 0.15) is 5.56 Å². The van der Waals surface area contributed by atoms with E-state index in [-0.39, 0.29) is 11.1 Å². The van der Waals surface area contributed by atoms with Crippen molar-refractivity contribution in [3.63, 3.8) is 0 Å². The van der Waals surface area contributed by atoms with E-state index >= 15 is 0 Å². The molecule has 0 aliphatic carbocycles. The average molecular weight is 155 g/mol. The molecule has 10 heavy (non-hydrogen) atoms. The second kappa shape index (κ2) is 2.54. The van der Waals surface area contributed by atoms with Crippen molar-refractivity contribution in [2.45, 2.75) is 0 Å². The molecule has 0 aromatic carbocycles. The molecule has 0 saturated carbocycles. The molecule has 0 atom stereocenters. The molecule has 52 valence electrons. The summed E-state index contributed by atoms with van der Waals surface area (Å²) in [4.78, 5) is 10.7. The van der Waals surface area contributed by atoms with Crippen LogP contribution in [0.4, 0.5) is 5.00 Å². The Bertz CT molecular complexity index is 318. The third-order valence-corrected chi connectivity index (χ3v) is 1.94. The first kappa shape index (κ1) is 6.83. The van der Waals surface area contributed by atoms with Gasteiger partial charge in [-0.3, -0.25) is 9.17 Å². The van der Waals surface area contributed by atoms with Crippen molar-refractivity contribution in [3.8, 4) is 6.07 Å². The summed E-state index contributed by atoms with van der Waals surface area (Å²) in [5.74, 6) is 0. The van der Waals surface area contributed by atoms with Crippen LogP contribution in [0.2, 0.25) is 0 Å². The zero-order chi connectivity index (χ0) is 7.56. The normalized spacial score (nSPS) is 8.80. The lowest BCUT2D eigenvalue weighted by molar-refractivity contribution is 1.37. The Morgan fingerprint density at radius 2 is 2.50 bits per heavy atom. The SMILES string of the molecule is CNc1s[nH]c(=O)c1C#N. The van der Waals surface area contributed by atoms with Gasteiger partial charge >= 0.3 is 0 Å². The maximum atomic E-state index is 10.7. The molecule has 1 aromatic heterocycles. The largest absolute Gasteiger partial charge is 0.378 e. The van der Waals surface area contributed by atoms with Crippen LogP contribution >= 0.6 is 11.5 Å². The van der Waals surface area contributed by atoms with Crippen molar-refractivity contribution in [1.82, 2.24) is 4.37 Å². The molecule has 4 nitrogen and oxygen atoms in total. The predicted octanol–water partition coefficient (Wildman–Crippen LogP) is 0.350. The topological polar surface area (TPSA) is 68.7 Å². The van der Waals surface area contributed by atoms with Gasteiger partial charge in [0.1, 0.15) is 11.1 Å². The molecule has 0 spiro atoms. The first-order chi connectivity index (χ1) is 4.79. The van der Waals surface area contributed by atoms with Gasteiger partial charge in [0.05, 0.1) is 0 Å². The summed E-state index contributed by atoms with van der Waals surface area (Å²) in [5.41, 5.74) is -0.163. The van der Waals surface area contributed by atoms with Gasteiger partial charge in [0.2, 0.25) is 0 Å². The number of hydrogen-bond acceptors (Lipinski definition) is 4. The second-order valence-corrected chi connectivity index (χ2v) is 2.42. The Morgan fingerprint density at radius 3 is 2.90 bits per heavy atom. The highest BCUT2D eigenvalue weighted by molar-refractivity contribution is 7.10. The van der Waals surface area contributed by atoms with Crippen LogP contribution in [0, 0.1) is 11.3 Å². The van der Waals surface area contributed by atoms with Crippen molar-refractivity contribution in [1.29, 1.82) is 5.26 Å². The molecule has 1 rings (SSSR count). The van der Waals surface area contributed by atoms with Crippen LogP contribution in [0.25, 0.3) is 0 Å². The fourth-order valence-corrected chi connectivity index (χ4v) is 1.22. The maximum Gasteiger partial charge on any atom is 0.278 e. The Kier molecular flexibility index (Phi) is 1.73. The number of aromatic nitrogens is 1. The number of anilines is 1. The van der Waals surface area contributed by atoms with Gasteiger partial charge in [-0.15, -0.1) is 0 Å². The van der Waals surface area contributed by atoms with E-state index in [4.69, 9.17) is 5.26 Å². The van der Waals surface area contributed by atoms with Gasteiger partial charge in [0.25, 0.3) is 5.56 Å². The summed E-state index contributed by atoms with van der Waals surface area (Å²) in [6, 6.07) is 1.80. The van der Waals surface area contributed by atoms with E-state index in [1.54, 1.807) is 13.1 Å². The van der Waals surface area contributed by atoms with E-state index in [0.29, 0.717) is 5.00 Å². The van der Waals surface area contributed by atoms with E-state index in [9.17, 15) is 4.79 Å². The van der Waals surface area contributed by atoms with Crippen LogP contribution in [0.15, 0.2) is 4.79 Å². The Balaban J connectivity index is 3.30. The van der Waals surface area contributed by atoms with Gasteiger partial charge < -0.3 is 5.32 Å². The quantitative estimate of drug-likeness (QED) is 0.614. The van der Waals surface area contributed by atoms with Gasteiger partial charge in [-0.05, 0) is 11.5 Å². The number of nitrogens with zero attached hydrogens (tertiary/aromatic N) is 1. The third-order valence-electron chi connectivity index (χ3n) is 1.04. The number of aromatic amines is 1. The highest BCUT2D eigenvalue weighted by Crippen LogP contribution is 2.13. The van der Waals surface area contributed by atoms with Crippen molar-refractivity contribution < 1.29 is 0 Å². The highest BCUT2D eigenvalue weighted by Gasteiger charge is 2.06. The summed E-state index contributed by atoms with van der Waals surface area (Å²) in [6.45, 7) is 0. The van der Waals surface area contributed by atoms with Crippen LogP contribution < -0.4 is 10.9 Å². The zero-order valence-electron chi connectivity index (χ0n) is 5.26. The van der Waals surface area contributed by atoms with Crippen LogP contribution in [0.3, 0.4) is 0 Å². The standard InChI is InChI=1S/C5H5N3OS/c1-7-5-3(2-6)4(9)8-10-5/h7H,1H3,(H,8,9). The minimum absolute atomic E-state index is 0.160. The average Bonchev–Trinajstić information content (AvgIpc) is 2.30. The van der Waals surface area contributed by atoms with Crippen molar-refractivity contribution >= 4 is 16.5 Å². The van der Waals surface area contributed by atoms with Crippen molar-refractivity contribution in [3.05, 3.63) is 15.9 Å². The monoisotopic (exact) mass is 155 g/mol. The van der Waals surface area contributed by atoms with Crippen LogP contribution in [-0.4, -0.2) is 11.4 Å². The molecule has 0 unspecified atom stereocenters. The molecule has 1 heterocycles. The first-order valence-electron chi connectivity index (χ1n) is 2.59. The van der Waals surface area contributed by atoms with Gasteiger partial charge in [-0.1, -0.05) is 0 Å². The first-order valence-corrected chi connectivity index (χ1v) is 3.40. The number of nitrogens with one attached hydrogen (secondary N) is 2. The Labute approximate surface area is 61.3 Å². The molecule has 0 aliphatic heterocycles. The summed E-state index contributed by atoms with van der Waals surface area (Å²) in [6.07, 6.45) is 0. The Hall–Kier alpha value is -1.28. The van der Waals surface area contributed by atoms with E-state index in [1.807, 2.05) is 0 Å². The van der Waals surface area contributed by atoms with Gasteiger partial charge in [-0.2, -0.15) is 5.26 Å². The molecular weight excluding hydrogens is 150 g/mol.